The van der Waals surface area contributed by atoms with Crippen LogP contribution in [0.5, 0.6) is 5.75 Å². The summed E-state index contributed by atoms with van der Waals surface area (Å²) in [7, 11) is 0. The fraction of sp³-hybridized carbons (Fsp3) is 0.467. The van der Waals surface area contributed by atoms with Gasteiger partial charge in [0.1, 0.15) is 11.2 Å². The second-order valence-corrected chi connectivity index (χ2v) is 4.60. The van der Waals surface area contributed by atoms with Gasteiger partial charge in [-0.15, -0.1) is 0 Å². The van der Waals surface area contributed by atoms with Crippen molar-refractivity contribution in [2.75, 3.05) is 13.2 Å². The molecule has 0 heterocycles. The Labute approximate surface area is 113 Å². The van der Waals surface area contributed by atoms with Crippen LogP contribution < -0.4 is 4.74 Å². The zero-order chi connectivity index (χ0) is 14.5. The lowest BCUT2D eigenvalue weighted by Gasteiger charge is -2.22. The molecule has 0 aliphatic carbocycles. The van der Waals surface area contributed by atoms with E-state index in [1.54, 1.807) is 45.0 Å². The summed E-state index contributed by atoms with van der Waals surface area (Å²) < 4.78 is 10.4. The molecule has 0 amide bonds. The lowest BCUT2D eigenvalue weighted by atomic mass is 9.84. The number of para-hydroxylation sites is 1. The highest BCUT2D eigenvalue weighted by atomic mass is 16.5. The summed E-state index contributed by atoms with van der Waals surface area (Å²) in [4.78, 5) is 24.4. The molecule has 0 saturated carbocycles. The average Bonchev–Trinajstić information content (AvgIpc) is 2.39. The van der Waals surface area contributed by atoms with Gasteiger partial charge in [0.15, 0.2) is 5.78 Å². The second kappa shape index (κ2) is 6.36. The van der Waals surface area contributed by atoms with Gasteiger partial charge in [-0.05, 0) is 39.8 Å². The maximum absolute atomic E-state index is 12.5. The van der Waals surface area contributed by atoms with E-state index < -0.39 is 11.4 Å². The third kappa shape index (κ3) is 3.34. The van der Waals surface area contributed by atoms with E-state index in [0.717, 1.165) is 0 Å². The molecule has 4 heteroatoms. The number of hydrogen-bond acceptors (Lipinski definition) is 4. The first kappa shape index (κ1) is 15.2. The Kier molecular flexibility index (Phi) is 5.10. The minimum Gasteiger partial charge on any atom is -0.493 e. The molecule has 19 heavy (non-hydrogen) atoms. The molecule has 0 atom stereocenters. The number of benzene rings is 1. The van der Waals surface area contributed by atoms with Crippen LogP contribution in [0.15, 0.2) is 24.3 Å². The van der Waals surface area contributed by atoms with Crippen LogP contribution in [0.25, 0.3) is 0 Å². The molecule has 0 saturated heterocycles. The van der Waals surface area contributed by atoms with E-state index in [1.165, 1.54) is 0 Å². The fourth-order valence-corrected chi connectivity index (χ4v) is 1.68. The minimum absolute atomic E-state index is 0.253. The molecule has 0 spiro atoms. The van der Waals surface area contributed by atoms with Gasteiger partial charge in [0.2, 0.25) is 0 Å². The Hall–Kier alpha value is -1.84. The van der Waals surface area contributed by atoms with Crippen LogP contribution in [-0.4, -0.2) is 25.0 Å². The smallest absolute Gasteiger partial charge is 0.319 e. The van der Waals surface area contributed by atoms with Crippen LogP contribution in [0.2, 0.25) is 0 Å². The van der Waals surface area contributed by atoms with Crippen LogP contribution in [0.4, 0.5) is 0 Å². The molecule has 1 aromatic rings. The SMILES string of the molecule is CCOC(=O)C(C)(C)C(=O)c1ccccc1OCC. The van der Waals surface area contributed by atoms with Crippen LogP contribution in [0.3, 0.4) is 0 Å². The van der Waals surface area contributed by atoms with Crippen LogP contribution in [0, 0.1) is 5.41 Å². The monoisotopic (exact) mass is 264 g/mol. The van der Waals surface area contributed by atoms with Crippen LogP contribution in [0.1, 0.15) is 38.1 Å². The normalized spacial score (nSPS) is 10.9. The van der Waals surface area contributed by atoms with E-state index in [0.29, 0.717) is 17.9 Å². The van der Waals surface area contributed by atoms with Gasteiger partial charge in [-0.3, -0.25) is 9.59 Å². The molecule has 0 unspecified atom stereocenters. The summed E-state index contributed by atoms with van der Waals surface area (Å²) in [5, 5.41) is 0. The first-order valence-corrected chi connectivity index (χ1v) is 6.39. The van der Waals surface area contributed by atoms with Crippen molar-refractivity contribution in [2.24, 2.45) is 5.41 Å². The third-order valence-electron chi connectivity index (χ3n) is 2.78. The largest absolute Gasteiger partial charge is 0.493 e. The van der Waals surface area contributed by atoms with E-state index in [4.69, 9.17) is 9.47 Å². The van der Waals surface area contributed by atoms with Crippen molar-refractivity contribution in [3.63, 3.8) is 0 Å². The van der Waals surface area contributed by atoms with E-state index in [2.05, 4.69) is 0 Å². The molecular weight excluding hydrogens is 244 g/mol. The van der Waals surface area contributed by atoms with Crippen LogP contribution in [-0.2, 0) is 9.53 Å². The molecular formula is C15H20O4. The average molecular weight is 264 g/mol. The first-order chi connectivity index (χ1) is 8.95. The number of rotatable bonds is 6. The number of esters is 1. The van der Waals surface area contributed by atoms with Crippen molar-refractivity contribution >= 4 is 11.8 Å². The Morgan fingerprint density at radius 1 is 1.11 bits per heavy atom. The molecule has 4 nitrogen and oxygen atoms in total. The number of carbonyl (C=O) groups is 2. The van der Waals surface area contributed by atoms with Crippen molar-refractivity contribution in [1.82, 2.24) is 0 Å². The Bertz CT molecular complexity index is 463. The summed E-state index contributed by atoms with van der Waals surface area (Å²) in [6, 6.07) is 6.92. The Morgan fingerprint density at radius 3 is 2.32 bits per heavy atom. The maximum atomic E-state index is 12.5. The lowest BCUT2D eigenvalue weighted by Crippen LogP contribution is -2.35. The standard InChI is InChI=1S/C15H20O4/c1-5-18-12-10-8-7-9-11(12)13(16)15(3,4)14(17)19-6-2/h7-10H,5-6H2,1-4H3. The van der Waals surface area contributed by atoms with Crippen molar-refractivity contribution in [3.8, 4) is 5.75 Å². The van der Waals surface area contributed by atoms with Gasteiger partial charge in [-0.25, -0.2) is 0 Å². The van der Waals surface area contributed by atoms with Gasteiger partial charge in [0, 0.05) is 0 Å². The molecule has 104 valence electrons. The van der Waals surface area contributed by atoms with Crippen molar-refractivity contribution in [3.05, 3.63) is 29.8 Å². The fourth-order valence-electron chi connectivity index (χ4n) is 1.68. The van der Waals surface area contributed by atoms with Crippen molar-refractivity contribution in [1.29, 1.82) is 0 Å². The van der Waals surface area contributed by atoms with Gasteiger partial charge >= 0.3 is 5.97 Å². The maximum Gasteiger partial charge on any atom is 0.319 e. The van der Waals surface area contributed by atoms with Gasteiger partial charge in [-0.1, -0.05) is 12.1 Å². The topological polar surface area (TPSA) is 52.6 Å². The number of carbonyl (C=O) groups excluding carboxylic acids is 2. The van der Waals surface area contributed by atoms with Gasteiger partial charge < -0.3 is 9.47 Å². The molecule has 0 N–H and O–H groups in total. The zero-order valence-corrected chi connectivity index (χ0v) is 11.9. The number of Topliss-reactive ketones (excluding diaryl/α,β-unsaturated/α-hetero) is 1. The molecule has 0 radical (unpaired) electrons. The molecule has 0 aliphatic rings. The Balaban J connectivity index is 3.09. The third-order valence-corrected chi connectivity index (χ3v) is 2.78. The molecule has 0 bridgehead atoms. The highest BCUT2D eigenvalue weighted by Crippen LogP contribution is 2.29. The highest BCUT2D eigenvalue weighted by Gasteiger charge is 2.39. The second-order valence-electron chi connectivity index (χ2n) is 4.60. The van der Waals surface area contributed by atoms with Crippen LogP contribution >= 0.6 is 0 Å². The summed E-state index contributed by atoms with van der Waals surface area (Å²) in [5.41, 5.74) is -0.814. The molecule has 0 aliphatic heterocycles. The predicted molar refractivity (Wildman–Crippen MR) is 72.4 cm³/mol. The van der Waals surface area contributed by atoms with E-state index in [-0.39, 0.29) is 12.4 Å². The number of ketones is 1. The highest BCUT2D eigenvalue weighted by molar-refractivity contribution is 6.13. The first-order valence-electron chi connectivity index (χ1n) is 6.39. The van der Waals surface area contributed by atoms with Crippen molar-refractivity contribution in [2.45, 2.75) is 27.7 Å². The van der Waals surface area contributed by atoms with Gasteiger partial charge in [0.25, 0.3) is 0 Å². The lowest BCUT2D eigenvalue weighted by molar-refractivity contribution is -0.150. The zero-order valence-electron chi connectivity index (χ0n) is 11.9. The molecule has 0 aromatic heterocycles. The quantitative estimate of drug-likeness (QED) is 0.450. The van der Waals surface area contributed by atoms with Gasteiger partial charge in [-0.2, -0.15) is 0 Å². The van der Waals surface area contributed by atoms with Gasteiger partial charge in [0.05, 0.1) is 18.8 Å². The summed E-state index contributed by atoms with van der Waals surface area (Å²) in [6.07, 6.45) is 0. The summed E-state index contributed by atoms with van der Waals surface area (Å²) in [5.74, 6) is -0.325. The number of ether oxygens (including phenoxy) is 2. The van der Waals surface area contributed by atoms with E-state index in [1.807, 2.05) is 6.92 Å². The summed E-state index contributed by atoms with van der Waals surface area (Å²) in [6.45, 7) is 7.41. The summed E-state index contributed by atoms with van der Waals surface area (Å²) >= 11 is 0. The Morgan fingerprint density at radius 2 is 1.74 bits per heavy atom. The predicted octanol–water partition coefficient (Wildman–Crippen LogP) is 2.86. The van der Waals surface area contributed by atoms with E-state index in [9.17, 15) is 9.59 Å². The molecule has 1 rings (SSSR count). The van der Waals surface area contributed by atoms with E-state index >= 15 is 0 Å². The van der Waals surface area contributed by atoms with Crippen molar-refractivity contribution < 1.29 is 19.1 Å². The number of hydrogen-bond donors (Lipinski definition) is 0. The molecule has 1 aromatic carbocycles. The molecule has 0 fully saturated rings. The minimum atomic E-state index is -1.22.